The van der Waals surface area contributed by atoms with Crippen LogP contribution in [0.15, 0.2) is 36.5 Å². The number of carbonyl (C=O) groups excluding carboxylic acids is 2. The molecule has 3 aromatic rings. The maximum Gasteiger partial charge on any atom is 0.341 e. The van der Waals surface area contributed by atoms with E-state index in [1.807, 2.05) is 0 Å². The van der Waals surface area contributed by atoms with E-state index < -0.39 is 40.8 Å². The number of hydrogen-bond acceptors (Lipinski definition) is 6. The molecule has 4 rings (SSSR count). The molecule has 10 nitrogen and oxygen atoms in total. The van der Waals surface area contributed by atoms with E-state index in [1.54, 1.807) is 0 Å². The number of carbonyl (C=O) groups is 3. The number of carboxylic acid groups (broad SMARTS) is 1. The van der Waals surface area contributed by atoms with Gasteiger partial charge in [0.15, 0.2) is 5.69 Å². The van der Waals surface area contributed by atoms with Gasteiger partial charge in [-0.3, -0.25) is 9.59 Å². The Morgan fingerprint density at radius 1 is 1.11 bits per heavy atom. The summed E-state index contributed by atoms with van der Waals surface area (Å²) in [5.74, 6) is -4.51. The second-order valence-corrected chi connectivity index (χ2v) is 8.16. The van der Waals surface area contributed by atoms with E-state index in [0.29, 0.717) is 5.56 Å². The quantitative estimate of drug-likeness (QED) is 0.375. The number of amides is 2. The summed E-state index contributed by atoms with van der Waals surface area (Å²) in [5, 5.41) is 18.5. The van der Waals surface area contributed by atoms with Gasteiger partial charge in [-0.15, -0.1) is 0 Å². The fourth-order valence-electron chi connectivity index (χ4n) is 4.02. The average Bonchev–Trinajstić information content (AvgIpc) is 3.45. The lowest BCUT2D eigenvalue weighted by atomic mass is 10.1. The summed E-state index contributed by atoms with van der Waals surface area (Å²) in [4.78, 5) is 40.4. The van der Waals surface area contributed by atoms with Crippen LogP contribution in [0, 0.1) is 11.8 Å². The van der Waals surface area contributed by atoms with E-state index >= 15 is 0 Å². The van der Waals surface area contributed by atoms with Crippen LogP contribution in [0.4, 0.5) is 26.0 Å². The van der Waals surface area contributed by atoms with Crippen molar-refractivity contribution in [2.24, 2.45) is 0 Å². The maximum atomic E-state index is 14.3. The highest BCUT2D eigenvalue weighted by Crippen LogP contribution is 2.33. The number of nitrogen functional groups attached to an aromatic ring is 1. The molecule has 0 unspecified atom stereocenters. The van der Waals surface area contributed by atoms with E-state index in [4.69, 9.17) is 5.73 Å². The lowest BCUT2D eigenvalue weighted by Crippen LogP contribution is -2.19. The highest BCUT2D eigenvalue weighted by atomic mass is 19.1. The van der Waals surface area contributed by atoms with E-state index in [9.17, 15) is 28.3 Å². The number of rotatable bonds is 7. The number of benzene rings is 1. The molecule has 35 heavy (non-hydrogen) atoms. The number of aromatic nitrogens is 3. The number of pyridine rings is 1. The molecule has 5 N–H and O–H groups in total. The fraction of sp³-hybridized carbons (Fsp3) is 0.261. The summed E-state index contributed by atoms with van der Waals surface area (Å²) < 4.78 is 28.7. The van der Waals surface area contributed by atoms with Gasteiger partial charge < -0.3 is 21.5 Å². The Hall–Kier alpha value is -4.35. The number of aromatic carboxylic acids is 1. The third kappa shape index (κ3) is 5.26. The molecule has 2 heterocycles. The van der Waals surface area contributed by atoms with Crippen molar-refractivity contribution >= 4 is 35.0 Å². The van der Waals surface area contributed by atoms with Crippen LogP contribution in [0.25, 0.3) is 0 Å². The van der Waals surface area contributed by atoms with Crippen LogP contribution in [0.2, 0.25) is 0 Å². The molecule has 2 aromatic heterocycles. The Bertz CT molecular complexity index is 1290. The minimum absolute atomic E-state index is 0.0702. The zero-order chi connectivity index (χ0) is 25.1. The predicted octanol–water partition coefficient (Wildman–Crippen LogP) is 3.39. The van der Waals surface area contributed by atoms with Gasteiger partial charge in [0, 0.05) is 0 Å². The van der Waals surface area contributed by atoms with Gasteiger partial charge in [-0.05, 0) is 36.6 Å². The van der Waals surface area contributed by atoms with Gasteiger partial charge in [0.25, 0.3) is 5.91 Å². The Morgan fingerprint density at radius 2 is 1.80 bits per heavy atom. The second kappa shape index (κ2) is 9.87. The van der Waals surface area contributed by atoms with E-state index in [1.165, 1.54) is 28.9 Å². The van der Waals surface area contributed by atoms with Crippen LogP contribution < -0.4 is 16.4 Å². The zero-order valence-corrected chi connectivity index (χ0v) is 18.4. The molecule has 0 aliphatic heterocycles. The summed E-state index contributed by atoms with van der Waals surface area (Å²) in [7, 11) is 0. The van der Waals surface area contributed by atoms with E-state index in [0.717, 1.165) is 37.9 Å². The molecule has 0 saturated heterocycles. The first-order valence-corrected chi connectivity index (χ1v) is 10.9. The van der Waals surface area contributed by atoms with Crippen LogP contribution in [-0.2, 0) is 11.2 Å². The third-order valence-electron chi connectivity index (χ3n) is 5.70. The first-order valence-electron chi connectivity index (χ1n) is 10.9. The smallest absolute Gasteiger partial charge is 0.341 e. The number of nitrogens with zero attached hydrogens (tertiary/aromatic N) is 3. The Labute approximate surface area is 198 Å². The number of nitrogens with one attached hydrogen (secondary N) is 2. The van der Waals surface area contributed by atoms with Gasteiger partial charge in [-0.25, -0.2) is 18.9 Å². The first-order chi connectivity index (χ1) is 16.7. The fourth-order valence-corrected chi connectivity index (χ4v) is 4.02. The number of nitrogens with two attached hydrogens (primary N) is 1. The Kier molecular flexibility index (Phi) is 6.71. The standard InChI is InChI=1S/C23H22F2N6O4/c24-13-7-5-12(6-8-13)9-17(32)28-14-10-16(20(25)27-11-14)29-22(33)19-18(23(34)35)21(26)31(30-19)15-3-1-2-4-15/h5-8,10-11,15H,1-4,9,26H2,(H,28,32)(H,29,33)(H,34,35). The average molecular weight is 484 g/mol. The van der Waals surface area contributed by atoms with Gasteiger partial charge in [0.2, 0.25) is 11.9 Å². The lowest BCUT2D eigenvalue weighted by molar-refractivity contribution is -0.115. The van der Waals surface area contributed by atoms with Crippen molar-refractivity contribution in [3.05, 3.63) is 65.1 Å². The molecule has 1 aromatic carbocycles. The largest absolute Gasteiger partial charge is 0.477 e. The molecule has 1 fully saturated rings. The summed E-state index contributed by atoms with van der Waals surface area (Å²) in [6.07, 6.45) is 4.37. The zero-order valence-electron chi connectivity index (χ0n) is 18.4. The molecule has 0 atom stereocenters. The van der Waals surface area contributed by atoms with Gasteiger partial charge in [0.05, 0.1) is 30.0 Å². The molecule has 0 radical (unpaired) electrons. The SMILES string of the molecule is Nc1c(C(=O)O)c(C(=O)Nc2cc(NC(=O)Cc3ccc(F)cc3)cnc2F)nn1C1CCCC1. The number of carboxylic acids is 1. The van der Waals surface area contributed by atoms with Crippen LogP contribution >= 0.6 is 0 Å². The van der Waals surface area contributed by atoms with Crippen LogP contribution in [0.3, 0.4) is 0 Å². The molecular weight excluding hydrogens is 462 g/mol. The third-order valence-corrected chi connectivity index (χ3v) is 5.70. The summed E-state index contributed by atoms with van der Waals surface area (Å²) in [6.45, 7) is 0. The molecule has 0 spiro atoms. The minimum Gasteiger partial charge on any atom is -0.477 e. The van der Waals surface area contributed by atoms with Crippen molar-refractivity contribution in [1.29, 1.82) is 0 Å². The molecule has 1 aliphatic carbocycles. The number of hydrogen-bond donors (Lipinski definition) is 4. The van der Waals surface area contributed by atoms with Crippen molar-refractivity contribution in [2.45, 2.75) is 38.1 Å². The summed E-state index contributed by atoms with van der Waals surface area (Å²) in [6, 6.07) is 6.39. The molecule has 0 bridgehead atoms. The maximum absolute atomic E-state index is 14.3. The van der Waals surface area contributed by atoms with Gasteiger partial charge in [-0.1, -0.05) is 25.0 Å². The Balaban J connectivity index is 1.52. The van der Waals surface area contributed by atoms with Crippen molar-refractivity contribution in [3.63, 3.8) is 0 Å². The predicted molar refractivity (Wildman–Crippen MR) is 122 cm³/mol. The van der Waals surface area contributed by atoms with Gasteiger partial charge in [0.1, 0.15) is 17.2 Å². The molecule has 2 amide bonds. The van der Waals surface area contributed by atoms with Crippen molar-refractivity contribution in [2.75, 3.05) is 16.4 Å². The second-order valence-electron chi connectivity index (χ2n) is 8.16. The molecule has 12 heteroatoms. The normalized spacial score (nSPS) is 13.5. The lowest BCUT2D eigenvalue weighted by Gasteiger charge is -2.11. The highest BCUT2D eigenvalue weighted by molar-refractivity contribution is 6.11. The highest BCUT2D eigenvalue weighted by Gasteiger charge is 2.30. The number of anilines is 3. The Morgan fingerprint density at radius 3 is 2.46 bits per heavy atom. The van der Waals surface area contributed by atoms with E-state index in [2.05, 4.69) is 20.7 Å². The van der Waals surface area contributed by atoms with Crippen LogP contribution in [-0.4, -0.2) is 37.7 Å². The monoisotopic (exact) mass is 484 g/mol. The van der Waals surface area contributed by atoms with Crippen molar-refractivity contribution in [3.8, 4) is 0 Å². The first kappa shape index (κ1) is 23.8. The van der Waals surface area contributed by atoms with Crippen molar-refractivity contribution in [1.82, 2.24) is 14.8 Å². The summed E-state index contributed by atoms with van der Waals surface area (Å²) in [5.41, 5.74) is 5.32. The molecular formula is C23H22F2N6O4. The minimum atomic E-state index is -1.43. The molecule has 1 saturated carbocycles. The van der Waals surface area contributed by atoms with E-state index in [-0.39, 0.29) is 29.7 Å². The van der Waals surface area contributed by atoms with Gasteiger partial charge >= 0.3 is 5.97 Å². The van der Waals surface area contributed by atoms with Gasteiger partial charge in [-0.2, -0.15) is 9.49 Å². The van der Waals surface area contributed by atoms with Crippen molar-refractivity contribution < 1.29 is 28.3 Å². The number of halogens is 2. The van der Waals surface area contributed by atoms with Crippen LogP contribution in [0.5, 0.6) is 0 Å². The molecule has 1 aliphatic rings. The topological polar surface area (TPSA) is 152 Å². The van der Waals surface area contributed by atoms with Crippen LogP contribution in [0.1, 0.15) is 58.1 Å². The summed E-state index contributed by atoms with van der Waals surface area (Å²) >= 11 is 0. The molecule has 182 valence electrons.